The van der Waals surface area contributed by atoms with E-state index in [-0.39, 0.29) is 0 Å². The minimum absolute atomic E-state index is 0.550. The number of furan rings is 2. The molecule has 0 bridgehead atoms. The molecule has 13 rings (SSSR count). The van der Waals surface area contributed by atoms with E-state index < -0.39 is 0 Å². The number of rotatable bonds is 6. The molecule has 0 aliphatic heterocycles. The number of para-hydroxylation sites is 3. The third-order valence-corrected chi connectivity index (χ3v) is 12.3. The molecule has 6 heteroatoms. The number of aromatic nitrogens is 4. The maximum Gasteiger partial charge on any atom is 0.164 e. The van der Waals surface area contributed by atoms with E-state index in [2.05, 4.69) is 156 Å². The molecule has 0 saturated heterocycles. The van der Waals surface area contributed by atoms with Crippen molar-refractivity contribution in [1.82, 2.24) is 19.5 Å². The van der Waals surface area contributed by atoms with Gasteiger partial charge >= 0.3 is 0 Å². The zero-order valence-electron chi connectivity index (χ0n) is 33.7. The Morgan fingerprint density at radius 3 is 1.75 bits per heavy atom. The Labute approximate surface area is 361 Å². The van der Waals surface area contributed by atoms with Crippen LogP contribution in [0.3, 0.4) is 0 Å². The SMILES string of the molecule is c1ccc(-c2nc(-c3ccc4c(c3)oc3c(-c5ccccc5)cccc34)nc(-c3cccc4oc5ccc(-n6c7ccccc7c7cccc(-c8ccccc8)c76)cc5c34)n2)cc1. The minimum atomic E-state index is 0.550. The zero-order chi connectivity index (χ0) is 41.4. The second-order valence-electron chi connectivity index (χ2n) is 15.9. The highest BCUT2D eigenvalue weighted by Crippen LogP contribution is 2.42. The molecule has 294 valence electrons. The van der Waals surface area contributed by atoms with Crippen molar-refractivity contribution in [3.8, 4) is 62.1 Å². The van der Waals surface area contributed by atoms with Crippen molar-refractivity contribution in [3.63, 3.8) is 0 Å². The molecule has 0 N–H and O–H groups in total. The van der Waals surface area contributed by atoms with Crippen LogP contribution in [0.4, 0.5) is 0 Å². The van der Waals surface area contributed by atoms with E-state index in [1.807, 2.05) is 54.6 Å². The molecule has 0 aliphatic carbocycles. The lowest BCUT2D eigenvalue weighted by molar-refractivity contribution is 0.669. The van der Waals surface area contributed by atoms with E-state index in [0.29, 0.717) is 17.5 Å². The normalized spacial score (nSPS) is 11.8. The van der Waals surface area contributed by atoms with E-state index in [9.17, 15) is 0 Å². The number of hydrogen-bond donors (Lipinski definition) is 0. The van der Waals surface area contributed by atoms with Crippen LogP contribution in [0.2, 0.25) is 0 Å². The van der Waals surface area contributed by atoms with E-state index in [0.717, 1.165) is 88.4 Å². The van der Waals surface area contributed by atoms with Crippen LogP contribution in [-0.2, 0) is 0 Å². The number of nitrogens with zero attached hydrogens (tertiary/aromatic N) is 4. The molecule has 0 atom stereocenters. The molecule has 4 aromatic heterocycles. The average Bonchev–Trinajstić information content (AvgIpc) is 4.04. The Kier molecular flexibility index (Phi) is 7.80. The largest absolute Gasteiger partial charge is 0.456 e. The summed E-state index contributed by atoms with van der Waals surface area (Å²) in [6.07, 6.45) is 0. The van der Waals surface area contributed by atoms with Crippen molar-refractivity contribution >= 4 is 65.7 Å². The molecule has 0 spiro atoms. The van der Waals surface area contributed by atoms with Gasteiger partial charge in [-0.25, -0.2) is 15.0 Å². The molecular weight excluding hydrogens is 773 g/mol. The van der Waals surface area contributed by atoms with Gasteiger partial charge in [0.2, 0.25) is 0 Å². The first-order chi connectivity index (χ1) is 31.2. The van der Waals surface area contributed by atoms with Crippen LogP contribution in [0, 0.1) is 0 Å². The molecule has 0 radical (unpaired) electrons. The highest BCUT2D eigenvalue weighted by atomic mass is 16.3. The van der Waals surface area contributed by atoms with E-state index in [1.54, 1.807) is 0 Å². The fourth-order valence-corrected chi connectivity index (χ4v) is 9.40. The standard InChI is InChI=1S/C57H34N4O2/c1-4-15-35(16-5-1)40-22-12-24-44-42-21-10-11-27-48(42)61(53(40)44)39-30-32-49-47(34-39)52-46(26-14-28-50(52)62-49)57-59-55(37-19-8-3-9-20-37)58-56(60-57)38-29-31-43-45-25-13-23-41(36-17-6-2-7-18-36)54(45)63-51(43)33-38/h1-34H. The first-order valence-electron chi connectivity index (χ1n) is 21.1. The summed E-state index contributed by atoms with van der Waals surface area (Å²) in [5.41, 5.74) is 13.6. The molecule has 0 aliphatic rings. The Hall–Kier alpha value is -8.61. The first kappa shape index (κ1) is 35.2. The highest BCUT2D eigenvalue weighted by Gasteiger charge is 2.22. The monoisotopic (exact) mass is 806 g/mol. The summed E-state index contributed by atoms with van der Waals surface area (Å²) >= 11 is 0. The van der Waals surface area contributed by atoms with Crippen LogP contribution in [0.15, 0.2) is 215 Å². The Morgan fingerprint density at radius 2 is 0.952 bits per heavy atom. The van der Waals surface area contributed by atoms with Crippen LogP contribution in [0.5, 0.6) is 0 Å². The van der Waals surface area contributed by atoms with Gasteiger partial charge in [-0.15, -0.1) is 0 Å². The highest BCUT2D eigenvalue weighted by molar-refractivity contribution is 6.16. The van der Waals surface area contributed by atoms with Gasteiger partial charge < -0.3 is 13.4 Å². The quantitative estimate of drug-likeness (QED) is 0.167. The van der Waals surface area contributed by atoms with Crippen LogP contribution in [-0.4, -0.2) is 19.5 Å². The first-order valence-corrected chi connectivity index (χ1v) is 21.1. The van der Waals surface area contributed by atoms with Crippen molar-refractivity contribution < 1.29 is 8.83 Å². The predicted octanol–water partition coefficient (Wildman–Crippen LogP) is 15.1. The van der Waals surface area contributed by atoms with Gasteiger partial charge in [-0.3, -0.25) is 0 Å². The van der Waals surface area contributed by atoms with Gasteiger partial charge in [0.05, 0.1) is 11.0 Å². The summed E-state index contributed by atoms with van der Waals surface area (Å²) in [6, 6.07) is 71.5. The molecule has 4 heterocycles. The summed E-state index contributed by atoms with van der Waals surface area (Å²) in [4.78, 5) is 15.5. The van der Waals surface area contributed by atoms with Gasteiger partial charge in [-0.1, -0.05) is 164 Å². The lowest BCUT2D eigenvalue weighted by Gasteiger charge is -2.12. The number of hydrogen-bond acceptors (Lipinski definition) is 5. The molecule has 0 fully saturated rings. The fourth-order valence-electron chi connectivity index (χ4n) is 9.40. The average molecular weight is 807 g/mol. The Morgan fingerprint density at radius 1 is 0.333 bits per heavy atom. The van der Waals surface area contributed by atoms with Gasteiger partial charge in [0.1, 0.15) is 22.3 Å². The van der Waals surface area contributed by atoms with E-state index >= 15 is 0 Å². The van der Waals surface area contributed by atoms with Gasteiger partial charge in [0, 0.05) is 65.8 Å². The Balaban J connectivity index is 1.01. The molecule has 13 aromatic rings. The van der Waals surface area contributed by atoms with Crippen molar-refractivity contribution in [2.24, 2.45) is 0 Å². The van der Waals surface area contributed by atoms with Crippen LogP contribution in [0.1, 0.15) is 0 Å². The van der Waals surface area contributed by atoms with Crippen LogP contribution < -0.4 is 0 Å². The third-order valence-electron chi connectivity index (χ3n) is 12.3. The topological polar surface area (TPSA) is 69.9 Å². The fraction of sp³-hybridized carbons (Fsp3) is 0. The van der Waals surface area contributed by atoms with Crippen molar-refractivity contribution in [2.75, 3.05) is 0 Å². The number of benzene rings is 9. The van der Waals surface area contributed by atoms with E-state index in [1.165, 1.54) is 21.9 Å². The lowest BCUT2D eigenvalue weighted by Crippen LogP contribution is -2.00. The Bertz CT molecular complexity index is 3900. The summed E-state index contributed by atoms with van der Waals surface area (Å²) in [5.74, 6) is 1.68. The summed E-state index contributed by atoms with van der Waals surface area (Å²) in [7, 11) is 0. The number of fused-ring (bicyclic) bond motifs is 9. The van der Waals surface area contributed by atoms with Crippen molar-refractivity contribution in [2.45, 2.75) is 0 Å². The second kappa shape index (κ2) is 14.0. The van der Waals surface area contributed by atoms with Crippen molar-refractivity contribution in [1.29, 1.82) is 0 Å². The van der Waals surface area contributed by atoms with Crippen LogP contribution in [0.25, 0.3) is 128 Å². The second-order valence-corrected chi connectivity index (χ2v) is 15.9. The van der Waals surface area contributed by atoms with Gasteiger partial charge in [-0.2, -0.15) is 0 Å². The predicted molar refractivity (Wildman–Crippen MR) is 256 cm³/mol. The third kappa shape index (κ3) is 5.62. The van der Waals surface area contributed by atoms with Gasteiger partial charge in [0.15, 0.2) is 17.5 Å². The van der Waals surface area contributed by atoms with Gasteiger partial charge in [-0.05, 0) is 53.6 Å². The molecule has 0 saturated carbocycles. The smallest absolute Gasteiger partial charge is 0.164 e. The van der Waals surface area contributed by atoms with E-state index in [4.69, 9.17) is 23.8 Å². The molecule has 6 nitrogen and oxygen atoms in total. The minimum Gasteiger partial charge on any atom is -0.456 e. The molecule has 9 aromatic carbocycles. The maximum atomic E-state index is 6.67. The summed E-state index contributed by atoms with van der Waals surface area (Å²) < 4.78 is 15.7. The molecule has 0 amide bonds. The molecule has 0 unspecified atom stereocenters. The molecule has 63 heavy (non-hydrogen) atoms. The van der Waals surface area contributed by atoms with Crippen molar-refractivity contribution in [3.05, 3.63) is 206 Å². The summed E-state index contributed by atoms with van der Waals surface area (Å²) in [5, 5.41) is 6.42. The maximum absolute atomic E-state index is 6.67. The zero-order valence-corrected chi connectivity index (χ0v) is 33.7. The van der Waals surface area contributed by atoms with Crippen LogP contribution >= 0.6 is 0 Å². The summed E-state index contributed by atoms with van der Waals surface area (Å²) in [6.45, 7) is 0. The van der Waals surface area contributed by atoms with Gasteiger partial charge in [0.25, 0.3) is 0 Å². The molecular formula is C57H34N4O2. The lowest BCUT2D eigenvalue weighted by atomic mass is 10.0.